The number of aromatic nitrogens is 1. The van der Waals surface area contributed by atoms with Gasteiger partial charge >= 0.3 is 19.2 Å². The van der Waals surface area contributed by atoms with Gasteiger partial charge in [-0.3, -0.25) is 0 Å². The molecule has 0 saturated carbocycles. The van der Waals surface area contributed by atoms with Crippen molar-refractivity contribution in [3.63, 3.8) is 0 Å². The van der Waals surface area contributed by atoms with Gasteiger partial charge in [0.25, 0.3) is 0 Å². The number of carbonyl (C=O) groups excluding carboxylic acids is 1. The van der Waals surface area contributed by atoms with Gasteiger partial charge in [-0.25, -0.2) is 14.2 Å². The number of rotatable bonds is 2. The lowest BCUT2D eigenvalue weighted by Crippen LogP contribution is -2.41. The molecule has 1 aliphatic rings. The lowest BCUT2D eigenvalue weighted by molar-refractivity contribution is 0.00578. The number of carboxylic acids is 1. The summed E-state index contributed by atoms with van der Waals surface area (Å²) in [4.78, 5) is 23.7. The van der Waals surface area contributed by atoms with Crippen molar-refractivity contribution in [2.75, 3.05) is 0 Å². The molecule has 2 heterocycles. The van der Waals surface area contributed by atoms with Crippen LogP contribution in [0.2, 0.25) is 0 Å². The Morgan fingerprint density at radius 2 is 1.67 bits per heavy atom. The van der Waals surface area contributed by atoms with Gasteiger partial charge in [0.05, 0.1) is 11.2 Å². The molecular formula is C16H24BNO6. The van der Waals surface area contributed by atoms with Crippen LogP contribution in [0.3, 0.4) is 0 Å². The summed E-state index contributed by atoms with van der Waals surface area (Å²) < 4.78 is 18.0. The summed E-state index contributed by atoms with van der Waals surface area (Å²) in [6.07, 6.45) is 0.627. The average molecular weight is 337 g/mol. The molecular weight excluding hydrogens is 313 g/mol. The largest absolute Gasteiger partial charge is 0.496 e. The molecule has 24 heavy (non-hydrogen) atoms. The fraction of sp³-hybridized carbons (Fsp3) is 0.625. The van der Waals surface area contributed by atoms with Crippen molar-refractivity contribution >= 4 is 24.6 Å². The van der Waals surface area contributed by atoms with Crippen LogP contribution in [0.5, 0.6) is 0 Å². The van der Waals surface area contributed by atoms with Gasteiger partial charge in [0.2, 0.25) is 0 Å². The van der Waals surface area contributed by atoms with E-state index in [0.29, 0.717) is 5.46 Å². The number of hydrogen-bond donors (Lipinski definition) is 1. The lowest BCUT2D eigenvalue weighted by atomic mass is 9.81. The molecule has 8 heteroatoms. The molecule has 132 valence electrons. The minimum absolute atomic E-state index is 0.200. The quantitative estimate of drug-likeness (QED) is 0.833. The Bertz CT molecular complexity index is 655. The topological polar surface area (TPSA) is 87.0 Å². The monoisotopic (exact) mass is 337 g/mol. The Kier molecular flexibility index (Phi) is 4.35. The second kappa shape index (κ2) is 5.63. The van der Waals surface area contributed by atoms with E-state index in [1.807, 2.05) is 27.7 Å². The van der Waals surface area contributed by atoms with Gasteiger partial charge < -0.3 is 19.2 Å². The number of aromatic carboxylic acids is 1. The molecule has 1 aliphatic heterocycles. The molecule has 1 aromatic rings. The van der Waals surface area contributed by atoms with Crippen LogP contribution in [0.15, 0.2) is 12.3 Å². The maximum atomic E-state index is 12.3. The van der Waals surface area contributed by atoms with Gasteiger partial charge in [-0.1, -0.05) is 0 Å². The van der Waals surface area contributed by atoms with Crippen LogP contribution >= 0.6 is 0 Å². The van der Waals surface area contributed by atoms with E-state index in [4.69, 9.17) is 14.0 Å². The van der Waals surface area contributed by atoms with Crippen LogP contribution in [0.1, 0.15) is 59.0 Å². The van der Waals surface area contributed by atoms with E-state index in [-0.39, 0.29) is 5.69 Å². The fourth-order valence-corrected chi connectivity index (χ4v) is 2.22. The zero-order chi connectivity index (χ0) is 18.5. The SMILES string of the molecule is CC(C)(C)OC(=O)n1cc(B2OC(C)(C)C(C)(C)O2)cc1C(=O)O. The van der Waals surface area contributed by atoms with E-state index in [1.54, 1.807) is 20.8 Å². The van der Waals surface area contributed by atoms with E-state index >= 15 is 0 Å². The molecule has 1 fully saturated rings. The van der Waals surface area contributed by atoms with Crippen molar-refractivity contribution in [3.05, 3.63) is 18.0 Å². The van der Waals surface area contributed by atoms with E-state index in [2.05, 4.69) is 0 Å². The predicted octanol–water partition coefficient (Wildman–Crippen LogP) is 2.27. The van der Waals surface area contributed by atoms with Crippen molar-refractivity contribution < 1.29 is 28.7 Å². The van der Waals surface area contributed by atoms with Gasteiger partial charge in [0, 0.05) is 11.7 Å². The van der Waals surface area contributed by atoms with Crippen molar-refractivity contribution in [3.8, 4) is 0 Å². The average Bonchev–Trinajstić information content (AvgIpc) is 2.87. The van der Waals surface area contributed by atoms with Crippen LogP contribution in [0.4, 0.5) is 4.79 Å². The maximum Gasteiger partial charge on any atom is 0.496 e. The minimum Gasteiger partial charge on any atom is -0.477 e. The summed E-state index contributed by atoms with van der Waals surface area (Å²) in [7, 11) is -0.753. The second-order valence-electron chi connectivity index (χ2n) is 7.90. The van der Waals surface area contributed by atoms with Gasteiger partial charge in [-0.15, -0.1) is 0 Å². The van der Waals surface area contributed by atoms with Crippen LogP contribution < -0.4 is 5.46 Å². The molecule has 0 atom stereocenters. The van der Waals surface area contributed by atoms with Gasteiger partial charge in [-0.2, -0.15) is 0 Å². The highest BCUT2D eigenvalue weighted by Gasteiger charge is 2.52. The summed E-state index contributed by atoms with van der Waals surface area (Å²) in [6.45, 7) is 12.7. The predicted molar refractivity (Wildman–Crippen MR) is 88.7 cm³/mol. The van der Waals surface area contributed by atoms with E-state index in [0.717, 1.165) is 4.57 Å². The van der Waals surface area contributed by atoms with Crippen LogP contribution in [0, 0.1) is 0 Å². The number of ether oxygens (including phenoxy) is 1. The van der Waals surface area contributed by atoms with Crippen LogP contribution in [-0.2, 0) is 14.0 Å². The first-order valence-corrected chi connectivity index (χ1v) is 7.78. The molecule has 0 unspecified atom stereocenters. The summed E-state index contributed by atoms with van der Waals surface area (Å²) in [5, 5.41) is 9.36. The first kappa shape index (κ1) is 18.5. The molecule has 1 aromatic heterocycles. The Balaban J connectivity index is 2.36. The maximum absolute atomic E-state index is 12.3. The molecule has 1 saturated heterocycles. The van der Waals surface area contributed by atoms with Crippen molar-refractivity contribution in [2.24, 2.45) is 0 Å². The van der Waals surface area contributed by atoms with E-state index < -0.39 is 36.0 Å². The number of carbonyl (C=O) groups is 2. The summed E-state index contributed by atoms with van der Waals surface area (Å²) in [5.41, 5.74) is -1.60. The zero-order valence-corrected chi connectivity index (χ0v) is 15.2. The third-order valence-corrected chi connectivity index (χ3v) is 4.18. The summed E-state index contributed by atoms with van der Waals surface area (Å²) >= 11 is 0. The van der Waals surface area contributed by atoms with Crippen molar-refractivity contribution in [1.29, 1.82) is 0 Å². The Morgan fingerprint density at radius 1 is 1.17 bits per heavy atom. The smallest absolute Gasteiger partial charge is 0.477 e. The normalized spacial score (nSPS) is 19.4. The summed E-state index contributed by atoms with van der Waals surface area (Å²) in [6, 6.07) is 1.37. The summed E-state index contributed by atoms with van der Waals surface area (Å²) in [5.74, 6) is -1.23. The van der Waals surface area contributed by atoms with E-state index in [9.17, 15) is 14.7 Å². The number of hydrogen-bond acceptors (Lipinski definition) is 5. The lowest BCUT2D eigenvalue weighted by Gasteiger charge is -2.32. The number of nitrogens with zero attached hydrogens (tertiary/aromatic N) is 1. The molecule has 1 N–H and O–H groups in total. The Morgan fingerprint density at radius 3 is 2.08 bits per heavy atom. The molecule has 0 bridgehead atoms. The van der Waals surface area contributed by atoms with Crippen molar-refractivity contribution in [1.82, 2.24) is 4.57 Å². The van der Waals surface area contributed by atoms with Crippen molar-refractivity contribution in [2.45, 2.75) is 65.3 Å². The van der Waals surface area contributed by atoms with Crippen LogP contribution in [0.25, 0.3) is 0 Å². The molecule has 0 spiro atoms. The molecule has 0 aromatic carbocycles. The first-order valence-electron chi connectivity index (χ1n) is 7.78. The minimum atomic E-state index is -1.23. The van der Waals surface area contributed by atoms with E-state index in [1.165, 1.54) is 12.3 Å². The Hall–Kier alpha value is -1.80. The fourth-order valence-electron chi connectivity index (χ4n) is 2.22. The van der Waals surface area contributed by atoms with Crippen LogP contribution in [-0.4, -0.2) is 45.7 Å². The zero-order valence-electron chi connectivity index (χ0n) is 15.2. The first-order chi connectivity index (χ1) is 10.7. The van der Waals surface area contributed by atoms with Gasteiger partial charge in [-0.05, 0) is 54.5 Å². The highest BCUT2D eigenvalue weighted by atomic mass is 16.7. The van der Waals surface area contributed by atoms with Gasteiger partial charge in [0.15, 0.2) is 0 Å². The highest BCUT2D eigenvalue weighted by Crippen LogP contribution is 2.36. The molecule has 2 rings (SSSR count). The molecule has 0 aliphatic carbocycles. The van der Waals surface area contributed by atoms with Gasteiger partial charge in [0.1, 0.15) is 11.3 Å². The number of carboxylic acid groups (broad SMARTS) is 1. The molecule has 0 amide bonds. The third-order valence-electron chi connectivity index (χ3n) is 4.18. The molecule has 7 nitrogen and oxygen atoms in total. The standard InChI is InChI=1S/C16H24BNO6/c1-14(2,3)22-13(21)18-9-10(8-11(18)12(19)20)17-23-15(4,5)16(6,7)24-17/h8-9H,1-7H3,(H,19,20). The third kappa shape index (κ3) is 3.49. The second-order valence-corrected chi connectivity index (χ2v) is 7.90. The highest BCUT2D eigenvalue weighted by molar-refractivity contribution is 6.62. The molecule has 0 radical (unpaired) electrons. The Labute approximate surface area is 142 Å².